The van der Waals surface area contributed by atoms with Gasteiger partial charge >= 0.3 is 5.97 Å². The summed E-state index contributed by atoms with van der Waals surface area (Å²) in [5.74, 6) is 10.4. The van der Waals surface area contributed by atoms with Crippen LogP contribution in [0.15, 0.2) is 40.8 Å². The number of nitrogen functional groups attached to an aromatic ring is 1. The maximum atomic E-state index is 11.6. The molecule has 2 aromatic rings. The van der Waals surface area contributed by atoms with Gasteiger partial charge in [-0.25, -0.2) is 4.79 Å². The number of methoxy groups -OCH3 is 1. The average molecular weight is 261 g/mol. The largest absolute Gasteiger partial charge is 0.467 e. The summed E-state index contributed by atoms with van der Waals surface area (Å²) in [6.07, 6.45) is 2.09. The summed E-state index contributed by atoms with van der Waals surface area (Å²) in [5.41, 5.74) is 1.77. The van der Waals surface area contributed by atoms with Gasteiger partial charge in [0.25, 0.3) is 0 Å². The quantitative estimate of drug-likeness (QED) is 0.366. The number of fused-ring (bicyclic) bond motifs is 1. The summed E-state index contributed by atoms with van der Waals surface area (Å²) in [5, 5.41) is 7.82. The van der Waals surface area contributed by atoms with E-state index < -0.39 is 12.0 Å². The predicted octanol–water partition coefficient (Wildman–Crippen LogP) is 0.765. The number of nitrogens with two attached hydrogens (primary N) is 2. The Kier molecular flexibility index (Phi) is 3.65. The van der Waals surface area contributed by atoms with Crippen LogP contribution in [0.5, 0.6) is 0 Å². The Morgan fingerprint density at radius 2 is 2.21 bits per heavy atom. The van der Waals surface area contributed by atoms with Crippen LogP contribution in [-0.4, -0.2) is 23.8 Å². The number of aromatic nitrogens is 1. The summed E-state index contributed by atoms with van der Waals surface area (Å²) in [4.78, 5) is 11.6. The van der Waals surface area contributed by atoms with Crippen molar-refractivity contribution in [3.05, 3.63) is 36.0 Å². The van der Waals surface area contributed by atoms with Crippen molar-refractivity contribution in [2.75, 3.05) is 13.0 Å². The van der Waals surface area contributed by atoms with Gasteiger partial charge in [0.05, 0.1) is 12.6 Å². The number of ether oxygens (including phenoxy) is 1. The second-order valence-corrected chi connectivity index (χ2v) is 4.05. The Hall–Kier alpha value is -2.57. The highest BCUT2D eigenvalue weighted by Gasteiger charge is 2.21. The molecular weight excluding hydrogens is 246 g/mol. The maximum absolute atomic E-state index is 11.6. The summed E-state index contributed by atoms with van der Waals surface area (Å²) in [6, 6.07) is 6.87. The number of para-hydroxylation sites is 1. The van der Waals surface area contributed by atoms with Crippen molar-refractivity contribution in [1.82, 2.24) is 4.68 Å². The highest BCUT2D eigenvalue weighted by molar-refractivity contribution is 5.85. The fourth-order valence-electron chi connectivity index (χ4n) is 2.04. The molecule has 1 heterocycles. The molecule has 0 amide bonds. The lowest BCUT2D eigenvalue weighted by atomic mass is 10.1. The van der Waals surface area contributed by atoms with E-state index in [9.17, 15) is 4.79 Å². The Morgan fingerprint density at radius 3 is 2.89 bits per heavy atom. The first-order valence-electron chi connectivity index (χ1n) is 5.69. The minimum atomic E-state index is -0.763. The molecular formula is C12H15N5O2. The molecule has 0 aliphatic heterocycles. The number of carbonyl (C=O) groups is 1. The predicted molar refractivity (Wildman–Crippen MR) is 70.6 cm³/mol. The SMILES string of the molecule is COC(=O)[C@H](Cc1cn(N)c2ccccc12)N=NN. The van der Waals surface area contributed by atoms with E-state index >= 15 is 0 Å². The number of carbonyl (C=O) groups excluding carboxylic acids is 1. The number of nitrogens with zero attached hydrogens (tertiary/aromatic N) is 3. The van der Waals surface area contributed by atoms with Crippen LogP contribution >= 0.6 is 0 Å². The standard InChI is InChI=1S/C12H15N5O2/c1-19-12(18)10(15-16-13)6-8-7-17(14)11-5-3-2-4-9(8)11/h2-5,7,10H,6,14H2,1H3,(H2,13,15)/t10-/m0/s1. The van der Waals surface area contributed by atoms with E-state index in [1.54, 1.807) is 6.20 Å². The van der Waals surface area contributed by atoms with Crippen molar-refractivity contribution in [1.29, 1.82) is 0 Å². The van der Waals surface area contributed by atoms with Gasteiger partial charge in [0, 0.05) is 18.0 Å². The van der Waals surface area contributed by atoms with E-state index in [0.717, 1.165) is 16.5 Å². The van der Waals surface area contributed by atoms with E-state index in [0.29, 0.717) is 6.42 Å². The van der Waals surface area contributed by atoms with Crippen LogP contribution in [0, 0.1) is 0 Å². The lowest BCUT2D eigenvalue weighted by Crippen LogP contribution is -2.22. The number of esters is 1. The minimum absolute atomic E-state index is 0.331. The number of hydrogen-bond donors (Lipinski definition) is 2. The van der Waals surface area contributed by atoms with Gasteiger partial charge in [0.15, 0.2) is 6.04 Å². The van der Waals surface area contributed by atoms with Gasteiger partial charge in [-0.2, -0.15) is 5.11 Å². The first-order chi connectivity index (χ1) is 9.17. The second kappa shape index (κ2) is 5.38. The molecule has 0 radical (unpaired) electrons. The topological polar surface area (TPSA) is 108 Å². The Morgan fingerprint density at radius 1 is 1.47 bits per heavy atom. The molecule has 0 spiro atoms. The number of hydrogen-bond acceptors (Lipinski definition) is 5. The molecule has 19 heavy (non-hydrogen) atoms. The molecule has 0 fully saturated rings. The van der Waals surface area contributed by atoms with E-state index in [1.807, 2.05) is 24.3 Å². The molecule has 0 unspecified atom stereocenters. The highest BCUT2D eigenvalue weighted by atomic mass is 16.5. The smallest absolute Gasteiger partial charge is 0.332 e. The summed E-state index contributed by atoms with van der Waals surface area (Å²) in [6.45, 7) is 0. The van der Waals surface area contributed by atoms with Gasteiger partial charge in [0.2, 0.25) is 0 Å². The zero-order valence-corrected chi connectivity index (χ0v) is 10.5. The Bertz CT molecular complexity index is 620. The molecule has 100 valence electrons. The molecule has 0 saturated heterocycles. The molecule has 1 aromatic carbocycles. The van der Waals surface area contributed by atoms with Crippen molar-refractivity contribution in [2.24, 2.45) is 16.2 Å². The third-order valence-corrected chi connectivity index (χ3v) is 2.92. The molecule has 0 bridgehead atoms. The van der Waals surface area contributed by atoms with Crippen LogP contribution in [0.2, 0.25) is 0 Å². The van der Waals surface area contributed by atoms with Crippen molar-refractivity contribution >= 4 is 16.9 Å². The van der Waals surface area contributed by atoms with Crippen LogP contribution < -0.4 is 11.7 Å². The minimum Gasteiger partial charge on any atom is -0.467 e. The van der Waals surface area contributed by atoms with Crippen molar-refractivity contribution < 1.29 is 9.53 Å². The van der Waals surface area contributed by atoms with Crippen LogP contribution in [-0.2, 0) is 16.0 Å². The van der Waals surface area contributed by atoms with Gasteiger partial charge in [-0.15, -0.1) is 0 Å². The molecule has 4 N–H and O–H groups in total. The van der Waals surface area contributed by atoms with E-state index in [1.165, 1.54) is 11.8 Å². The maximum Gasteiger partial charge on any atom is 0.332 e. The molecule has 1 aromatic heterocycles. The van der Waals surface area contributed by atoms with Gasteiger partial charge < -0.3 is 16.4 Å². The Balaban J connectivity index is 2.36. The highest BCUT2D eigenvalue weighted by Crippen LogP contribution is 2.21. The lowest BCUT2D eigenvalue weighted by molar-refractivity contribution is -0.142. The van der Waals surface area contributed by atoms with Gasteiger partial charge in [-0.1, -0.05) is 23.4 Å². The van der Waals surface area contributed by atoms with E-state index in [2.05, 4.69) is 15.1 Å². The third-order valence-electron chi connectivity index (χ3n) is 2.92. The van der Waals surface area contributed by atoms with Crippen LogP contribution in [0.1, 0.15) is 5.56 Å². The average Bonchev–Trinajstić information content (AvgIpc) is 2.75. The van der Waals surface area contributed by atoms with E-state index in [-0.39, 0.29) is 0 Å². The normalized spacial score (nSPS) is 12.9. The first-order valence-corrected chi connectivity index (χ1v) is 5.69. The molecule has 1 atom stereocenters. The lowest BCUT2D eigenvalue weighted by Gasteiger charge is -2.07. The first kappa shape index (κ1) is 12.9. The molecule has 7 heteroatoms. The number of rotatable bonds is 4. The van der Waals surface area contributed by atoms with E-state index in [4.69, 9.17) is 11.7 Å². The van der Waals surface area contributed by atoms with Gasteiger partial charge in [-0.3, -0.25) is 4.68 Å². The van der Waals surface area contributed by atoms with Gasteiger partial charge in [0.1, 0.15) is 0 Å². The summed E-state index contributed by atoms with van der Waals surface area (Å²) < 4.78 is 6.18. The number of benzene rings is 1. The summed E-state index contributed by atoms with van der Waals surface area (Å²) in [7, 11) is 1.30. The van der Waals surface area contributed by atoms with Crippen LogP contribution in [0.3, 0.4) is 0 Å². The van der Waals surface area contributed by atoms with Crippen LogP contribution in [0.4, 0.5) is 0 Å². The van der Waals surface area contributed by atoms with Crippen LogP contribution in [0.25, 0.3) is 10.9 Å². The second-order valence-electron chi connectivity index (χ2n) is 4.05. The summed E-state index contributed by atoms with van der Waals surface area (Å²) >= 11 is 0. The van der Waals surface area contributed by atoms with Crippen molar-refractivity contribution in [3.63, 3.8) is 0 Å². The molecule has 0 aliphatic carbocycles. The monoisotopic (exact) mass is 261 g/mol. The zero-order chi connectivity index (χ0) is 13.8. The van der Waals surface area contributed by atoms with Crippen molar-refractivity contribution in [2.45, 2.75) is 12.5 Å². The fourth-order valence-corrected chi connectivity index (χ4v) is 2.04. The fraction of sp³-hybridized carbons (Fsp3) is 0.250. The molecule has 0 saturated carbocycles. The van der Waals surface area contributed by atoms with Crippen molar-refractivity contribution in [3.8, 4) is 0 Å². The van der Waals surface area contributed by atoms with Gasteiger partial charge in [-0.05, 0) is 11.6 Å². The zero-order valence-electron chi connectivity index (χ0n) is 10.5. The third kappa shape index (κ3) is 2.49. The Labute approximate surface area is 109 Å². The molecule has 7 nitrogen and oxygen atoms in total. The molecule has 0 aliphatic rings. The molecule has 2 rings (SSSR count).